The van der Waals surface area contributed by atoms with E-state index in [1.807, 2.05) is 18.3 Å². The molecule has 3 heterocycles. The minimum absolute atomic E-state index is 0.154. The van der Waals surface area contributed by atoms with E-state index in [1.165, 1.54) is 0 Å². The van der Waals surface area contributed by atoms with Crippen LogP contribution in [0.1, 0.15) is 11.7 Å². The third-order valence-corrected chi connectivity index (χ3v) is 2.86. The number of aliphatic imine (C=N–C) groups is 1. The number of aromatic nitrogens is 1. The smallest absolute Gasteiger partial charge is 0.146 e. The van der Waals surface area contributed by atoms with Crippen molar-refractivity contribution in [1.82, 2.24) is 9.88 Å². The standard InChI is InChI=1S/C11H13N3O/c1-14-6-5-13-11(14)10-9(15-10)8-3-2-4-12-7-8/h2-4,7,9-10H,5-6H2,1H3/t9-,10-/m0/s1. The highest BCUT2D eigenvalue weighted by Crippen LogP contribution is 2.40. The molecule has 0 saturated carbocycles. The molecule has 3 rings (SSSR count). The van der Waals surface area contributed by atoms with Gasteiger partial charge >= 0.3 is 0 Å². The number of hydrogen-bond donors (Lipinski definition) is 0. The molecule has 4 nitrogen and oxygen atoms in total. The van der Waals surface area contributed by atoms with Crippen LogP contribution in [0.15, 0.2) is 29.5 Å². The molecule has 2 aliphatic heterocycles. The summed E-state index contributed by atoms with van der Waals surface area (Å²) < 4.78 is 5.64. The predicted octanol–water partition coefficient (Wildman–Crippen LogP) is 0.865. The SMILES string of the molecule is CN1CCN=C1[C@H]1O[C@H]1c1cccnc1. The maximum atomic E-state index is 5.64. The number of epoxide rings is 1. The largest absolute Gasteiger partial charge is 0.359 e. The third kappa shape index (κ3) is 1.51. The molecule has 2 aliphatic rings. The lowest BCUT2D eigenvalue weighted by atomic mass is 10.1. The van der Waals surface area contributed by atoms with E-state index in [0.29, 0.717) is 0 Å². The second-order valence-electron chi connectivity index (χ2n) is 3.93. The molecular formula is C11H13N3O. The monoisotopic (exact) mass is 203 g/mol. The average molecular weight is 203 g/mol. The molecule has 15 heavy (non-hydrogen) atoms. The summed E-state index contributed by atoms with van der Waals surface area (Å²) in [6.07, 6.45) is 3.96. The Balaban J connectivity index is 1.75. The summed E-state index contributed by atoms with van der Waals surface area (Å²) in [5, 5.41) is 0. The minimum Gasteiger partial charge on any atom is -0.359 e. The summed E-state index contributed by atoms with van der Waals surface area (Å²) in [6, 6.07) is 3.99. The van der Waals surface area contributed by atoms with Crippen molar-refractivity contribution in [3.05, 3.63) is 30.1 Å². The maximum Gasteiger partial charge on any atom is 0.146 e. The molecule has 78 valence electrons. The first-order valence-electron chi connectivity index (χ1n) is 5.17. The molecule has 1 saturated heterocycles. The zero-order valence-corrected chi connectivity index (χ0v) is 8.63. The van der Waals surface area contributed by atoms with Crippen molar-refractivity contribution >= 4 is 5.84 Å². The first-order valence-corrected chi connectivity index (χ1v) is 5.17. The van der Waals surface area contributed by atoms with E-state index in [0.717, 1.165) is 24.5 Å². The van der Waals surface area contributed by atoms with Gasteiger partial charge in [-0.15, -0.1) is 0 Å². The third-order valence-electron chi connectivity index (χ3n) is 2.86. The molecule has 4 heteroatoms. The molecule has 0 aliphatic carbocycles. The van der Waals surface area contributed by atoms with Crippen molar-refractivity contribution in [3.8, 4) is 0 Å². The molecule has 1 aromatic rings. The topological polar surface area (TPSA) is 41.0 Å². The summed E-state index contributed by atoms with van der Waals surface area (Å²) in [4.78, 5) is 10.7. The van der Waals surface area contributed by atoms with Crippen LogP contribution in [0, 0.1) is 0 Å². The van der Waals surface area contributed by atoms with Crippen LogP contribution in [0.2, 0.25) is 0 Å². The van der Waals surface area contributed by atoms with Crippen LogP contribution in [0.5, 0.6) is 0 Å². The second kappa shape index (κ2) is 3.31. The maximum absolute atomic E-state index is 5.64. The summed E-state index contributed by atoms with van der Waals surface area (Å²) in [6.45, 7) is 1.90. The molecule has 0 amide bonds. The van der Waals surface area contributed by atoms with Gasteiger partial charge in [0.1, 0.15) is 18.0 Å². The molecule has 0 spiro atoms. The van der Waals surface area contributed by atoms with Gasteiger partial charge in [0.25, 0.3) is 0 Å². The summed E-state index contributed by atoms with van der Waals surface area (Å²) >= 11 is 0. The van der Waals surface area contributed by atoms with Gasteiger partial charge < -0.3 is 9.64 Å². The zero-order valence-electron chi connectivity index (χ0n) is 8.63. The van der Waals surface area contributed by atoms with Crippen molar-refractivity contribution in [2.75, 3.05) is 20.1 Å². The van der Waals surface area contributed by atoms with Crippen molar-refractivity contribution < 1.29 is 4.74 Å². The van der Waals surface area contributed by atoms with Crippen molar-refractivity contribution in [3.63, 3.8) is 0 Å². The van der Waals surface area contributed by atoms with E-state index in [1.54, 1.807) is 6.20 Å². The van der Waals surface area contributed by atoms with Crippen LogP contribution in [0.4, 0.5) is 0 Å². The van der Waals surface area contributed by atoms with Crippen molar-refractivity contribution in [1.29, 1.82) is 0 Å². The molecule has 1 fully saturated rings. The van der Waals surface area contributed by atoms with Crippen molar-refractivity contribution in [2.45, 2.75) is 12.2 Å². The Hall–Kier alpha value is -1.42. The lowest BCUT2D eigenvalue weighted by molar-refractivity contribution is 0.390. The van der Waals surface area contributed by atoms with Crippen LogP contribution in [-0.2, 0) is 4.74 Å². The van der Waals surface area contributed by atoms with Gasteiger partial charge in [-0.05, 0) is 6.07 Å². The van der Waals surface area contributed by atoms with Gasteiger partial charge in [-0.3, -0.25) is 9.98 Å². The normalized spacial score (nSPS) is 29.1. The first-order chi connectivity index (χ1) is 7.36. The van der Waals surface area contributed by atoms with Crippen LogP contribution in [0.3, 0.4) is 0 Å². The quantitative estimate of drug-likeness (QED) is 0.669. The second-order valence-corrected chi connectivity index (χ2v) is 3.93. The van der Waals surface area contributed by atoms with Crippen LogP contribution in [0.25, 0.3) is 0 Å². The minimum atomic E-state index is 0.154. The Morgan fingerprint density at radius 1 is 1.47 bits per heavy atom. The Kier molecular flexibility index (Phi) is 1.95. The van der Waals surface area contributed by atoms with Gasteiger partial charge in [-0.25, -0.2) is 0 Å². The molecule has 2 atom stereocenters. The van der Waals surface area contributed by atoms with Gasteiger partial charge in [0.15, 0.2) is 0 Å². The Labute approximate surface area is 88.6 Å². The van der Waals surface area contributed by atoms with Gasteiger partial charge in [0.2, 0.25) is 0 Å². The number of likely N-dealkylation sites (N-methyl/N-ethyl adjacent to an activating group) is 1. The highest BCUT2D eigenvalue weighted by molar-refractivity contribution is 5.90. The number of pyridine rings is 1. The van der Waals surface area contributed by atoms with Crippen LogP contribution in [-0.4, -0.2) is 42.0 Å². The van der Waals surface area contributed by atoms with Gasteiger partial charge in [-0.2, -0.15) is 0 Å². The molecule has 0 N–H and O–H groups in total. The molecule has 1 aromatic heterocycles. The Bertz CT molecular complexity index is 390. The van der Waals surface area contributed by atoms with E-state index in [9.17, 15) is 0 Å². The Morgan fingerprint density at radius 3 is 3.07 bits per heavy atom. The first kappa shape index (κ1) is 8.85. The molecular weight excluding hydrogens is 190 g/mol. The van der Waals surface area contributed by atoms with Gasteiger partial charge in [0, 0.05) is 31.5 Å². The molecule has 0 unspecified atom stereocenters. The van der Waals surface area contributed by atoms with E-state index in [-0.39, 0.29) is 12.2 Å². The van der Waals surface area contributed by atoms with Gasteiger partial charge in [0.05, 0.1) is 6.54 Å². The summed E-state index contributed by atoms with van der Waals surface area (Å²) in [5.41, 5.74) is 1.14. The number of hydrogen-bond acceptors (Lipinski definition) is 4. The fraction of sp³-hybridized carbons (Fsp3) is 0.455. The Morgan fingerprint density at radius 2 is 2.40 bits per heavy atom. The zero-order chi connectivity index (χ0) is 10.3. The van der Waals surface area contributed by atoms with Crippen molar-refractivity contribution in [2.24, 2.45) is 4.99 Å². The molecule has 0 aromatic carbocycles. The predicted molar refractivity (Wildman–Crippen MR) is 56.8 cm³/mol. The van der Waals surface area contributed by atoms with E-state index < -0.39 is 0 Å². The summed E-state index contributed by atoms with van der Waals surface area (Å²) in [5.74, 6) is 1.09. The number of rotatable bonds is 2. The van der Waals surface area contributed by atoms with Crippen LogP contribution >= 0.6 is 0 Å². The van der Waals surface area contributed by atoms with Crippen LogP contribution < -0.4 is 0 Å². The lowest BCUT2D eigenvalue weighted by Crippen LogP contribution is -2.27. The fourth-order valence-corrected chi connectivity index (χ4v) is 1.96. The van der Waals surface area contributed by atoms with E-state index >= 15 is 0 Å². The highest BCUT2D eigenvalue weighted by Gasteiger charge is 2.46. The lowest BCUT2D eigenvalue weighted by Gasteiger charge is -2.10. The average Bonchev–Trinajstić information content (AvgIpc) is 2.96. The fourth-order valence-electron chi connectivity index (χ4n) is 1.96. The highest BCUT2D eigenvalue weighted by atomic mass is 16.6. The van der Waals surface area contributed by atoms with Gasteiger partial charge in [-0.1, -0.05) is 6.07 Å². The number of ether oxygens (including phenoxy) is 1. The number of nitrogens with zero attached hydrogens (tertiary/aromatic N) is 3. The molecule has 0 radical (unpaired) electrons. The number of amidine groups is 1. The van der Waals surface area contributed by atoms with E-state index in [4.69, 9.17) is 4.74 Å². The summed E-state index contributed by atoms with van der Waals surface area (Å²) in [7, 11) is 2.06. The van der Waals surface area contributed by atoms with E-state index in [2.05, 4.69) is 21.9 Å². The molecule has 0 bridgehead atoms.